The smallest absolute Gasteiger partial charge is 0.227 e. The molecule has 6 nitrogen and oxygen atoms in total. The Balaban J connectivity index is 1.41. The number of carbonyl (C=O) groups excluding carboxylic acids is 1. The SMILES string of the molecule is COCC(C)NCC1(N2CCN(C(=O)[C@H]3CN(C(C)C)C[C@@H]3c3ccc(Cl)cc3)CC2)CCCCC1. The Kier molecular flexibility index (Phi) is 9.73. The van der Waals surface area contributed by atoms with Crippen molar-refractivity contribution in [3.63, 3.8) is 0 Å². The molecule has 1 N–H and O–H groups in total. The molecule has 2 aliphatic heterocycles. The van der Waals surface area contributed by atoms with Gasteiger partial charge >= 0.3 is 0 Å². The van der Waals surface area contributed by atoms with Crippen LogP contribution in [0.2, 0.25) is 5.02 Å². The summed E-state index contributed by atoms with van der Waals surface area (Å²) in [5, 5.41) is 4.50. The Bertz CT molecular complexity index is 834. The lowest BCUT2D eigenvalue weighted by atomic mass is 9.79. The molecule has 0 aromatic heterocycles. The number of hydrogen-bond acceptors (Lipinski definition) is 5. The predicted octanol–water partition coefficient (Wildman–Crippen LogP) is 4.24. The maximum Gasteiger partial charge on any atom is 0.227 e. The van der Waals surface area contributed by atoms with E-state index in [-0.39, 0.29) is 17.4 Å². The first kappa shape index (κ1) is 27.8. The van der Waals surface area contributed by atoms with Crippen LogP contribution in [0.15, 0.2) is 24.3 Å². The molecule has 3 atom stereocenters. The van der Waals surface area contributed by atoms with Crippen molar-refractivity contribution < 1.29 is 9.53 Å². The molecule has 2 heterocycles. The molecular weight excluding hydrogens is 472 g/mol. The average Bonchev–Trinajstić information content (AvgIpc) is 3.34. The van der Waals surface area contributed by atoms with Crippen molar-refractivity contribution in [2.75, 3.05) is 59.5 Å². The van der Waals surface area contributed by atoms with Crippen molar-refractivity contribution in [1.29, 1.82) is 0 Å². The molecule has 1 aromatic rings. The molecule has 1 saturated carbocycles. The van der Waals surface area contributed by atoms with E-state index >= 15 is 0 Å². The number of methoxy groups -OCH3 is 1. The van der Waals surface area contributed by atoms with Crippen molar-refractivity contribution in [1.82, 2.24) is 20.0 Å². The highest BCUT2D eigenvalue weighted by Gasteiger charge is 2.44. The van der Waals surface area contributed by atoms with Gasteiger partial charge in [-0.3, -0.25) is 14.6 Å². The zero-order valence-corrected chi connectivity index (χ0v) is 23.6. The minimum absolute atomic E-state index is 0.0142. The molecule has 3 fully saturated rings. The van der Waals surface area contributed by atoms with E-state index in [0.717, 1.165) is 57.4 Å². The monoisotopic (exact) mass is 518 g/mol. The average molecular weight is 519 g/mol. The molecule has 0 bridgehead atoms. The summed E-state index contributed by atoms with van der Waals surface area (Å²) in [4.78, 5) is 21.2. The highest BCUT2D eigenvalue weighted by Crippen LogP contribution is 2.37. The molecular formula is C29H47ClN4O2. The first-order valence-corrected chi connectivity index (χ1v) is 14.5. The second-order valence-electron chi connectivity index (χ2n) is 11.6. The minimum Gasteiger partial charge on any atom is -0.383 e. The van der Waals surface area contributed by atoms with Crippen LogP contribution in [0.3, 0.4) is 0 Å². The quantitative estimate of drug-likeness (QED) is 0.530. The first-order valence-electron chi connectivity index (χ1n) is 14.1. The zero-order chi connectivity index (χ0) is 25.7. The molecule has 1 aliphatic carbocycles. The van der Waals surface area contributed by atoms with Crippen LogP contribution in [0.4, 0.5) is 0 Å². The standard InChI is InChI=1S/C29H47ClN4O2/c1-22(2)33-18-26(24-8-10-25(30)11-9-24)27(19-33)28(35)32-14-16-34(17-15-32)29(12-6-5-7-13-29)21-31-23(3)20-36-4/h8-11,22-23,26-27,31H,5-7,12-21H2,1-4H3/t23?,26-,27+/m1/s1. The predicted molar refractivity (Wildman–Crippen MR) is 148 cm³/mol. The minimum atomic E-state index is 0.0142. The number of nitrogens with zero attached hydrogens (tertiary/aromatic N) is 3. The Morgan fingerprint density at radius 1 is 1.06 bits per heavy atom. The van der Waals surface area contributed by atoms with Crippen molar-refractivity contribution in [3.05, 3.63) is 34.9 Å². The molecule has 3 aliphatic rings. The van der Waals surface area contributed by atoms with Crippen LogP contribution >= 0.6 is 11.6 Å². The highest BCUT2D eigenvalue weighted by atomic mass is 35.5. The molecule has 36 heavy (non-hydrogen) atoms. The molecule has 1 unspecified atom stereocenters. The van der Waals surface area contributed by atoms with Gasteiger partial charge in [-0.05, 0) is 51.3 Å². The van der Waals surface area contributed by atoms with Crippen LogP contribution in [-0.2, 0) is 9.53 Å². The number of carbonyl (C=O) groups is 1. The zero-order valence-electron chi connectivity index (χ0n) is 22.8. The second kappa shape index (κ2) is 12.6. The Hall–Kier alpha value is -1.18. The fourth-order valence-corrected chi connectivity index (χ4v) is 6.80. The molecule has 1 aromatic carbocycles. The summed E-state index contributed by atoms with van der Waals surface area (Å²) in [5.41, 5.74) is 1.44. The van der Waals surface area contributed by atoms with Gasteiger partial charge < -0.3 is 15.0 Å². The van der Waals surface area contributed by atoms with Crippen molar-refractivity contribution >= 4 is 17.5 Å². The van der Waals surface area contributed by atoms with E-state index in [1.54, 1.807) is 7.11 Å². The Labute approximate surface area is 223 Å². The van der Waals surface area contributed by atoms with Gasteiger partial charge in [0, 0.05) is 81.5 Å². The Morgan fingerprint density at radius 3 is 2.33 bits per heavy atom. The van der Waals surface area contributed by atoms with Gasteiger partial charge in [0.2, 0.25) is 5.91 Å². The summed E-state index contributed by atoms with van der Waals surface area (Å²) in [7, 11) is 1.77. The van der Waals surface area contributed by atoms with Gasteiger partial charge in [0.15, 0.2) is 0 Å². The van der Waals surface area contributed by atoms with E-state index in [4.69, 9.17) is 16.3 Å². The van der Waals surface area contributed by atoms with E-state index in [1.165, 1.54) is 37.7 Å². The lowest BCUT2D eigenvalue weighted by molar-refractivity contribution is -0.138. The summed E-state index contributed by atoms with van der Waals surface area (Å²) < 4.78 is 5.35. The number of piperazine rings is 1. The third kappa shape index (κ3) is 6.44. The molecule has 1 amide bonds. The third-order valence-corrected chi connectivity index (χ3v) is 9.19. The summed E-state index contributed by atoms with van der Waals surface area (Å²) in [6, 6.07) is 8.93. The molecule has 7 heteroatoms. The number of benzene rings is 1. The van der Waals surface area contributed by atoms with Crippen LogP contribution in [0.1, 0.15) is 64.4 Å². The van der Waals surface area contributed by atoms with E-state index < -0.39 is 0 Å². The van der Waals surface area contributed by atoms with E-state index in [1.807, 2.05) is 12.1 Å². The lowest BCUT2D eigenvalue weighted by Gasteiger charge is -2.50. The topological polar surface area (TPSA) is 48.1 Å². The Morgan fingerprint density at radius 2 is 1.72 bits per heavy atom. The second-order valence-corrected chi connectivity index (χ2v) is 12.1. The number of nitrogens with one attached hydrogen (secondary N) is 1. The van der Waals surface area contributed by atoms with Gasteiger partial charge in [-0.15, -0.1) is 0 Å². The normalized spacial score (nSPS) is 26.4. The van der Waals surface area contributed by atoms with Gasteiger partial charge in [0.25, 0.3) is 0 Å². The number of amides is 1. The van der Waals surface area contributed by atoms with E-state index in [2.05, 4.69) is 52.9 Å². The molecule has 2 saturated heterocycles. The van der Waals surface area contributed by atoms with Gasteiger partial charge in [0.05, 0.1) is 12.5 Å². The summed E-state index contributed by atoms with van der Waals surface area (Å²) >= 11 is 6.16. The number of ether oxygens (including phenoxy) is 1. The van der Waals surface area contributed by atoms with Gasteiger partial charge in [-0.2, -0.15) is 0 Å². The van der Waals surface area contributed by atoms with Gasteiger partial charge in [0.1, 0.15) is 0 Å². The fourth-order valence-electron chi connectivity index (χ4n) is 6.68. The van der Waals surface area contributed by atoms with E-state index in [0.29, 0.717) is 18.0 Å². The van der Waals surface area contributed by atoms with Crippen molar-refractivity contribution in [2.45, 2.75) is 76.4 Å². The van der Waals surface area contributed by atoms with Crippen LogP contribution in [-0.4, -0.2) is 97.8 Å². The van der Waals surface area contributed by atoms with Gasteiger partial charge in [-0.1, -0.05) is 43.0 Å². The summed E-state index contributed by atoms with van der Waals surface area (Å²) in [5.74, 6) is 0.578. The number of likely N-dealkylation sites (tertiary alicyclic amines) is 1. The maximum atomic E-state index is 13.9. The number of halogens is 1. The summed E-state index contributed by atoms with van der Waals surface area (Å²) in [6.45, 7) is 13.8. The fraction of sp³-hybridized carbons (Fsp3) is 0.759. The largest absolute Gasteiger partial charge is 0.383 e. The number of rotatable bonds is 9. The van der Waals surface area contributed by atoms with Crippen LogP contribution in [0.25, 0.3) is 0 Å². The van der Waals surface area contributed by atoms with Crippen LogP contribution in [0, 0.1) is 5.92 Å². The van der Waals surface area contributed by atoms with Crippen molar-refractivity contribution in [2.24, 2.45) is 5.92 Å². The maximum absolute atomic E-state index is 13.9. The lowest BCUT2D eigenvalue weighted by Crippen LogP contribution is -2.63. The third-order valence-electron chi connectivity index (χ3n) is 8.94. The molecule has 0 radical (unpaired) electrons. The number of hydrogen-bond donors (Lipinski definition) is 1. The van der Waals surface area contributed by atoms with Gasteiger partial charge in [-0.25, -0.2) is 0 Å². The first-order chi connectivity index (χ1) is 17.3. The molecule has 4 rings (SSSR count). The highest BCUT2D eigenvalue weighted by molar-refractivity contribution is 6.30. The summed E-state index contributed by atoms with van der Waals surface area (Å²) in [6.07, 6.45) is 6.44. The molecule has 0 spiro atoms. The van der Waals surface area contributed by atoms with Crippen LogP contribution < -0.4 is 5.32 Å². The van der Waals surface area contributed by atoms with Crippen molar-refractivity contribution in [3.8, 4) is 0 Å². The van der Waals surface area contributed by atoms with Crippen LogP contribution in [0.5, 0.6) is 0 Å². The molecule has 202 valence electrons. The van der Waals surface area contributed by atoms with E-state index in [9.17, 15) is 4.79 Å².